The molecule has 0 radical (unpaired) electrons. The summed E-state index contributed by atoms with van der Waals surface area (Å²) in [4.78, 5) is 28.4. The number of amides is 2. The molecule has 1 atom stereocenters. The maximum atomic E-state index is 13.5. The van der Waals surface area contributed by atoms with Crippen molar-refractivity contribution in [2.75, 3.05) is 26.4 Å². The smallest absolute Gasteiger partial charge is 0.261 e. The fraction of sp³-hybridized carbons (Fsp3) is 0.286. The molecule has 3 aromatic rings. The normalized spacial score (nSPS) is 11.5. The number of nitrogens with zero attached hydrogens (tertiary/aromatic N) is 1. The maximum Gasteiger partial charge on any atom is 0.261 e. The summed E-state index contributed by atoms with van der Waals surface area (Å²) in [5.41, 5.74) is 1.32. The molecule has 36 heavy (non-hydrogen) atoms. The van der Waals surface area contributed by atoms with Gasteiger partial charge < -0.3 is 19.7 Å². The Kier molecular flexibility index (Phi) is 10.7. The standard InChI is InChI=1S/C28H30ClFN2O4/c1-2-35-18-8-17-31-28(34)27(22-9-4-3-5-10-22)32(19-21-13-15-23(30)16-14-21)26(33)20-36-25-12-7-6-11-24(25)29/h3-7,9-16,27H,2,8,17-20H2,1H3,(H,31,34)/t27-/m0/s1. The molecule has 0 aliphatic rings. The topological polar surface area (TPSA) is 67.9 Å². The van der Waals surface area contributed by atoms with Crippen molar-refractivity contribution in [2.45, 2.75) is 25.9 Å². The van der Waals surface area contributed by atoms with Crippen molar-refractivity contribution >= 4 is 23.4 Å². The van der Waals surface area contributed by atoms with E-state index < -0.39 is 11.9 Å². The van der Waals surface area contributed by atoms with Gasteiger partial charge in [0.1, 0.15) is 17.6 Å². The van der Waals surface area contributed by atoms with Gasteiger partial charge in [-0.1, -0.05) is 66.2 Å². The van der Waals surface area contributed by atoms with Crippen LogP contribution in [0.5, 0.6) is 5.75 Å². The zero-order valence-electron chi connectivity index (χ0n) is 20.2. The molecule has 0 heterocycles. The lowest BCUT2D eigenvalue weighted by atomic mass is 10.0. The molecular formula is C28H30ClFN2O4. The number of ether oxygens (including phenoxy) is 2. The number of hydrogen-bond acceptors (Lipinski definition) is 4. The molecular weight excluding hydrogens is 483 g/mol. The van der Waals surface area contributed by atoms with Crippen molar-refractivity contribution in [1.82, 2.24) is 10.2 Å². The average Bonchev–Trinajstić information content (AvgIpc) is 2.89. The molecule has 0 aliphatic carbocycles. The predicted molar refractivity (Wildman–Crippen MR) is 137 cm³/mol. The summed E-state index contributed by atoms with van der Waals surface area (Å²) in [5, 5.41) is 3.30. The van der Waals surface area contributed by atoms with Crippen LogP contribution in [0.4, 0.5) is 4.39 Å². The number of para-hydroxylation sites is 1. The number of hydrogen-bond donors (Lipinski definition) is 1. The van der Waals surface area contributed by atoms with Crippen LogP contribution in [0.2, 0.25) is 5.02 Å². The van der Waals surface area contributed by atoms with Crippen molar-refractivity contribution in [1.29, 1.82) is 0 Å². The first kappa shape index (κ1) is 27.2. The van der Waals surface area contributed by atoms with E-state index in [4.69, 9.17) is 21.1 Å². The van der Waals surface area contributed by atoms with Gasteiger partial charge in [-0.3, -0.25) is 9.59 Å². The highest BCUT2D eigenvalue weighted by molar-refractivity contribution is 6.32. The van der Waals surface area contributed by atoms with Crippen LogP contribution in [0.25, 0.3) is 0 Å². The molecule has 0 saturated heterocycles. The fourth-order valence-corrected chi connectivity index (χ4v) is 3.82. The van der Waals surface area contributed by atoms with Crippen molar-refractivity contribution in [3.63, 3.8) is 0 Å². The highest BCUT2D eigenvalue weighted by Crippen LogP contribution is 2.26. The van der Waals surface area contributed by atoms with Crippen LogP contribution in [0.1, 0.15) is 30.5 Å². The number of rotatable bonds is 13. The van der Waals surface area contributed by atoms with Crippen molar-refractivity contribution in [3.8, 4) is 5.75 Å². The molecule has 0 aliphatic heterocycles. The third-order valence-corrected chi connectivity index (χ3v) is 5.73. The summed E-state index contributed by atoms with van der Waals surface area (Å²) < 4.78 is 24.6. The number of carbonyl (C=O) groups is 2. The Morgan fingerprint density at radius 3 is 2.39 bits per heavy atom. The second-order valence-corrected chi connectivity index (χ2v) is 8.43. The molecule has 0 spiro atoms. The van der Waals surface area contributed by atoms with E-state index in [-0.39, 0.29) is 24.9 Å². The SMILES string of the molecule is CCOCCCNC(=O)[C@H](c1ccccc1)N(Cc1ccc(F)cc1)C(=O)COc1ccccc1Cl. The molecule has 0 bridgehead atoms. The molecule has 8 heteroatoms. The predicted octanol–water partition coefficient (Wildman–Crippen LogP) is 5.17. The van der Waals surface area contributed by atoms with Gasteiger partial charge in [-0.05, 0) is 48.7 Å². The Bertz CT molecular complexity index is 1110. The molecule has 0 aromatic heterocycles. The van der Waals surface area contributed by atoms with Gasteiger partial charge in [0.05, 0.1) is 5.02 Å². The molecule has 0 unspecified atom stereocenters. The number of benzene rings is 3. The minimum absolute atomic E-state index is 0.0803. The highest BCUT2D eigenvalue weighted by Gasteiger charge is 2.31. The number of halogens is 2. The quantitative estimate of drug-likeness (QED) is 0.321. The molecule has 3 aromatic carbocycles. The van der Waals surface area contributed by atoms with E-state index >= 15 is 0 Å². The molecule has 6 nitrogen and oxygen atoms in total. The van der Waals surface area contributed by atoms with Crippen molar-refractivity contribution in [3.05, 3.63) is 101 Å². The molecule has 3 rings (SSSR count). The van der Waals surface area contributed by atoms with Gasteiger partial charge >= 0.3 is 0 Å². The maximum absolute atomic E-state index is 13.5. The van der Waals surface area contributed by atoms with Crippen LogP contribution >= 0.6 is 11.6 Å². The van der Waals surface area contributed by atoms with Crippen LogP contribution < -0.4 is 10.1 Å². The third-order valence-electron chi connectivity index (χ3n) is 5.42. The van der Waals surface area contributed by atoms with E-state index in [1.165, 1.54) is 17.0 Å². The van der Waals surface area contributed by atoms with Crippen LogP contribution in [-0.4, -0.2) is 43.1 Å². The molecule has 1 N–H and O–H groups in total. The Morgan fingerprint density at radius 2 is 1.69 bits per heavy atom. The second-order valence-electron chi connectivity index (χ2n) is 8.02. The first-order valence-electron chi connectivity index (χ1n) is 11.8. The van der Waals surface area contributed by atoms with Gasteiger partial charge in [0, 0.05) is 26.3 Å². The van der Waals surface area contributed by atoms with Gasteiger partial charge in [-0.15, -0.1) is 0 Å². The summed E-state index contributed by atoms with van der Waals surface area (Å²) in [6, 6.07) is 20.8. The van der Waals surface area contributed by atoms with Gasteiger partial charge in [0.15, 0.2) is 6.61 Å². The van der Waals surface area contributed by atoms with E-state index in [0.29, 0.717) is 48.1 Å². The highest BCUT2D eigenvalue weighted by atomic mass is 35.5. The van der Waals surface area contributed by atoms with E-state index in [1.807, 2.05) is 25.1 Å². The summed E-state index contributed by atoms with van der Waals surface area (Å²) in [6.45, 7) is 3.19. The Hall–Kier alpha value is -3.42. The van der Waals surface area contributed by atoms with E-state index in [2.05, 4.69) is 5.32 Å². The molecule has 0 fully saturated rings. The third kappa shape index (κ3) is 8.07. The summed E-state index contributed by atoms with van der Waals surface area (Å²) in [5.74, 6) is -0.764. The van der Waals surface area contributed by atoms with E-state index in [0.717, 1.165) is 0 Å². The minimum atomic E-state index is -0.925. The van der Waals surface area contributed by atoms with E-state index in [1.54, 1.807) is 48.5 Å². The Labute approximate surface area is 216 Å². The van der Waals surface area contributed by atoms with Crippen LogP contribution in [0.15, 0.2) is 78.9 Å². The summed E-state index contributed by atoms with van der Waals surface area (Å²) in [6.07, 6.45) is 0.641. The fourth-order valence-electron chi connectivity index (χ4n) is 3.63. The van der Waals surface area contributed by atoms with Crippen LogP contribution in [0.3, 0.4) is 0 Å². The number of nitrogens with one attached hydrogen (secondary N) is 1. The Balaban J connectivity index is 1.87. The van der Waals surface area contributed by atoms with Gasteiger partial charge in [-0.2, -0.15) is 0 Å². The molecule has 0 saturated carbocycles. The summed E-state index contributed by atoms with van der Waals surface area (Å²) in [7, 11) is 0. The van der Waals surface area contributed by atoms with E-state index in [9.17, 15) is 14.0 Å². The van der Waals surface area contributed by atoms with Crippen LogP contribution in [-0.2, 0) is 20.9 Å². The van der Waals surface area contributed by atoms with Gasteiger partial charge in [-0.25, -0.2) is 4.39 Å². The van der Waals surface area contributed by atoms with Crippen molar-refractivity contribution < 1.29 is 23.5 Å². The molecule has 2 amide bonds. The largest absolute Gasteiger partial charge is 0.482 e. The van der Waals surface area contributed by atoms with Crippen LogP contribution in [0, 0.1) is 5.82 Å². The molecule has 190 valence electrons. The lowest BCUT2D eigenvalue weighted by molar-refractivity contribution is -0.143. The lowest BCUT2D eigenvalue weighted by Gasteiger charge is -2.31. The minimum Gasteiger partial charge on any atom is -0.482 e. The van der Waals surface area contributed by atoms with Gasteiger partial charge in [0.25, 0.3) is 5.91 Å². The Morgan fingerprint density at radius 1 is 1.00 bits per heavy atom. The zero-order valence-corrected chi connectivity index (χ0v) is 20.9. The first-order valence-corrected chi connectivity index (χ1v) is 12.2. The van der Waals surface area contributed by atoms with Crippen molar-refractivity contribution in [2.24, 2.45) is 0 Å². The van der Waals surface area contributed by atoms with Gasteiger partial charge in [0.2, 0.25) is 5.91 Å². The average molecular weight is 513 g/mol. The zero-order chi connectivity index (χ0) is 25.8. The lowest BCUT2D eigenvalue weighted by Crippen LogP contribution is -2.45. The second kappa shape index (κ2) is 14.2. The summed E-state index contributed by atoms with van der Waals surface area (Å²) >= 11 is 6.17. The monoisotopic (exact) mass is 512 g/mol. The number of carbonyl (C=O) groups excluding carboxylic acids is 2. The first-order chi connectivity index (χ1) is 17.5.